The molecule has 2 aliphatic heterocycles. The van der Waals surface area contributed by atoms with Crippen LogP contribution in [0.3, 0.4) is 0 Å². The van der Waals surface area contributed by atoms with Crippen molar-refractivity contribution >= 4 is 35.5 Å². The molecule has 28 heteroatoms. The summed E-state index contributed by atoms with van der Waals surface area (Å²) in [6.07, 6.45) is -13.1. The van der Waals surface area contributed by atoms with Crippen LogP contribution in [0.5, 0.6) is 0 Å². The number of carbonyl (C=O) groups excluding carboxylic acids is 4. The van der Waals surface area contributed by atoms with Crippen LogP contribution in [-0.4, -0.2) is 159 Å². The van der Waals surface area contributed by atoms with Crippen LogP contribution in [-0.2, 0) is 36.8 Å². The summed E-state index contributed by atoms with van der Waals surface area (Å²) in [4.78, 5) is 61.8. The van der Waals surface area contributed by atoms with Gasteiger partial charge in [-0.05, 0) is 82.2 Å². The SMILES string of the molecule is COC(=O)N[C@H](C(=O)N[C@@H](Cc1ccc(C#Cc2ccc(N3CCN(C4COC4)CC3)nc2)cc1)[C@@H](O)CN(Cc1c(F)cc(C(=N)/C=C\NC(F)F)cc1F)NC(=O)[C@@H](NC(=O)OC)C(C)(C)C(F)(F)F)C(C)(C)C(F)(F)F. The standard InChI is InChI=1S/C51H60F10N10O8/c1-48(2,50(56,57)58)41(66-46(75)77-5)43(73)65-38(21-30-10-7-29(8-11-30)9-12-31-13-14-40(64-24-31)70-19-17-69(18-20-70)33-27-79-28-33)39(72)26-71(68-44(74)42(67-47(76)78-6)49(3,4)51(59,60)61)25-34-35(52)22-32(23-36(34)53)37(62)15-16-63-45(54)55/h7-8,10-11,13-16,22-24,33,38-39,41-42,45,62-63,72H,17-21,25-28H2,1-6H3,(H,65,73)(H,66,75)(H,67,76)(H,68,74)/b16-15-,62-37?/t38-,39-,41+,42+/m0/s1. The van der Waals surface area contributed by atoms with Gasteiger partial charge >= 0.3 is 31.1 Å². The van der Waals surface area contributed by atoms with E-state index < -0.39 is 126 Å². The van der Waals surface area contributed by atoms with E-state index in [9.17, 15) is 59.4 Å². The number of ether oxygens (including phenoxy) is 3. The number of amides is 4. The van der Waals surface area contributed by atoms with Crippen LogP contribution in [0.1, 0.15) is 55.5 Å². The van der Waals surface area contributed by atoms with Crippen LogP contribution < -0.4 is 31.6 Å². The number of hydrogen-bond acceptors (Lipinski definition) is 14. The second-order valence-electron chi connectivity index (χ2n) is 19.5. The summed E-state index contributed by atoms with van der Waals surface area (Å²) in [5.41, 5.74) is -5.04. The molecule has 0 aliphatic carbocycles. The lowest BCUT2D eigenvalue weighted by molar-refractivity contribution is -0.221. The van der Waals surface area contributed by atoms with Crippen molar-refractivity contribution in [3.63, 3.8) is 0 Å². The fourth-order valence-corrected chi connectivity index (χ4v) is 8.02. The molecule has 2 saturated heterocycles. The number of aliphatic hydroxyl groups is 1. The summed E-state index contributed by atoms with van der Waals surface area (Å²) in [6.45, 7) is 1.60. The topological polar surface area (TPSA) is 223 Å². The van der Waals surface area contributed by atoms with Crippen LogP contribution in [0.25, 0.3) is 0 Å². The number of allylic oxidation sites excluding steroid dienone is 1. The Balaban J connectivity index is 1.49. The molecule has 0 bridgehead atoms. The Hall–Kier alpha value is -7.22. The van der Waals surface area contributed by atoms with E-state index in [2.05, 4.69) is 41.4 Å². The first-order valence-electron chi connectivity index (χ1n) is 24.2. The van der Waals surface area contributed by atoms with Gasteiger partial charge in [0, 0.05) is 73.9 Å². The summed E-state index contributed by atoms with van der Waals surface area (Å²) in [5.74, 6) is 0.558. The number of aromatic nitrogens is 1. The molecule has 5 rings (SSSR count). The molecule has 0 unspecified atom stereocenters. The van der Waals surface area contributed by atoms with Crippen molar-refractivity contribution in [1.82, 2.24) is 41.6 Å². The van der Waals surface area contributed by atoms with E-state index in [1.807, 2.05) is 16.8 Å². The molecule has 18 nitrogen and oxygen atoms in total. The predicted octanol–water partition coefficient (Wildman–Crippen LogP) is 5.52. The highest BCUT2D eigenvalue weighted by Crippen LogP contribution is 2.42. The summed E-state index contributed by atoms with van der Waals surface area (Å²) in [7, 11) is 1.59. The van der Waals surface area contributed by atoms with Crippen molar-refractivity contribution in [2.45, 2.75) is 89.8 Å². The lowest BCUT2D eigenvalue weighted by Crippen LogP contribution is -2.63. The number of piperazine rings is 1. The van der Waals surface area contributed by atoms with Gasteiger partial charge in [-0.2, -0.15) is 35.1 Å². The van der Waals surface area contributed by atoms with Crippen LogP contribution in [0.4, 0.5) is 59.3 Å². The van der Waals surface area contributed by atoms with Gasteiger partial charge in [0.1, 0.15) is 29.5 Å². The van der Waals surface area contributed by atoms with E-state index >= 15 is 8.78 Å². The molecule has 2 aliphatic rings. The maximum Gasteiger partial charge on any atom is 0.407 e. The minimum absolute atomic E-state index is 0.260. The Morgan fingerprint density at radius 2 is 1.35 bits per heavy atom. The van der Waals surface area contributed by atoms with Crippen molar-refractivity contribution in [3.8, 4) is 11.8 Å². The van der Waals surface area contributed by atoms with Gasteiger partial charge in [0.25, 0.3) is 5.91 Å². The summed E-state index contributed by atoms with van der Waals surface area (Å²) < 4.78 is 158. The molecule has 4 atom stereocenters. The highest BCUT2D eigenvalue weighted by Gasteiger charge is 2.57. The third-order valence-electron chi connectivity index (χ3n) is 13.3. The van der Waals surface area contributed by atoms with E-state index in [1.54, 1.807) is 22.9 Å². The molecule has 432 valence electrons. The van der Waals surface area contributed by atoms with Gasteiger partial charge in [0.2, 0.25) is 5.91 Å². The van der Waals surface area contributed by atoms with E-state index in [1.165, 1.54) is 24.3 Å². The number of alkyl halides is 8. The second kappa shape index (κ2) is 26.6. The number of anilines is 1. The molecule has 0 saturated carbocycles. The van der Waals surface area contributed by atoms with E-state index in [-0.39, 0.29) is 5.56 Å². The van der Waals surface area contributed by atoms with Crippen LogP contribution in [0, 0.1) is 39.7 Å². The lowest BCUT2D eigenvalue weighted by Gasteiger charge is -2.42. The molecule has 3 aromatic rings. The number of hydrogen-bond donors (Lipinski definition) is 7. The largest absolute Gasteiger partial charge is 0.453 e. The van der Waals surface area contributed by atoms with Gasteiger partial charge in [-0.1, -0.05) is 24.0 Å². The summed E-state index contributed by atoms with van der Waals surface area (Å²) >= 11 is 0. The monoisotopic (exact) mass is 1130 g/mol. The molecule has 2 fully saturated rings. The van der Waals surface area contributed by atoms with E-state index in [4.69, 9.17) is 10.1 Å². The van der Waals surface area contributed by atoms with Gasteiger partial charge in [-0.25, -0.2) is 28.4 Å². The van der Waals surface area contributed by atoms with Crippen molar-refractivity contribution in [3.05, 3.63) is 106 Å². The number of alkyl carbamates (subject to hydrolysis) is 2. The maximum atomic E-state index is 15.9. The summed E-state index contributed by atoms with van der Waals surface area (Å²) in [6, 6.07) is 4.41. The molecule has 79 heavy (non-hydrogen) atoms. The van der Waals surface area contributed by atoms with Crippen molar-refractivity contribution in [2.75, 3.05) is 65.1 Å². The number of nitrogens with one attached hydrogen (secondary N) is 6. The van der Waals surface area contributed by atoms with Crippen LogP contribution in [0.15, 0.2) is 67.0 Å². The number of carbonyl (C=O) groups is 4. The van der Waals surface area contributed by atoms with Gasteiger partial charge in [-0.15, -0.1) is 0 Å². The average Bonchev–Trinajstić information content (AvgIpc) is 3.39. The molecular formula is C51H60F10N10O8. The number of halogens is 10. The number of pyridine rings is 1. The normalized spacial score (nSPS) is 16.2. The van der Waals surface area contributed by atoms with Crippen molar-refractivity contribution in [1.29, 1.82) is 5.41 Å². The molecule has 2 aromatic carbocycles. The molecule has 7 N–H and O–H groups in total. The maximum absolute atomic E-state index is 15.9. The first-order valence-corrected chi connectivity index (χ1v) is 24.2. The zero-order valence-electron chi connectivity index (χ0n) is 43.6. The number of benzene rings is 2. The highest BCUT2D eigenvalue weighted by atomic mass is 19.4. The number of methoxy groups -OCH3 is 2. The Morgan fingerprint density at radius 3 is 1.84 bits per heavy atom. The van der Waals surface area contributed by atoms with E-state index in [0.717, 1.165) is 65.5 Å². The zero-order valence-corrected chi connectivity index (χ0v) is 43.6. The van der Waals surface area contributed by atoms with Crippen LogP contribution >= 0.6 is 0 Å². The quantitative estimate of drug-likeness (QED) is 0.0230. The van der Waals surface area contributed by atoms with Crippen molar-refractivity contribution < 1.29 is 82.4 Å². The Bertz CT molecular complexity index is 2680. The minimum Gasteiger partial charge on any atom is -0.453 e. The predicted molar refractivity (Wildman–Crippen MR) is 265 cm³/mol. The Labute approximate surface area is 448 Å². The minimum atomic E-state index is -5.24. The third kappa shape index (κ3) is 16.7. The zero-order chi connectivity index (χ0) is 58.6. The van der Waals surface area contributed by atoms with Gasteiger partial charge in [0.15, 0.2) is 0 Å². The first-order chi connectivity index (χ1) is 36.9. The second-order valence-corrected chi connectivity index (χ2v) is 19.5. The molecule has 0 spiro atoms. The highest BCUT2D eigenvalue weighted by molar-refractivity contribution is 6.06. The van der Waals surface area contributed by atoms with Gasteiger partial charge in [-0.3, -0.25) is 19.9 Å². The number of rotatable bonds is 21. The fourth-order valence-electron chi connectivity index (χ4n) is 8.02. The van der Waals surface area contributed by atoms with Gasteiger partial charge in [0.05, 0.1) is 62.2 Å². The molecule has 4 amide bonds. The fraction of sp³-hybridized carbons (Fsp3) is 0.490. The summed E-state index contributed by atoms with van der Waals surface area (Å²) in [5, 5.41) is 28.0. The van der Waals surface area contributed by atoms with Crippen molar-refractivity contribution in [2.24, 2.45) is 10.8 Å². The molecular weight excluding hydrogens is 1070 g/mol. The lowest BCUT2D eigenvalue weighted by atomic mass is 9.82. The first kappa shape index (κ1) is 62.6. The van der Waals surface area contributed by atoms with Gasteiger partial charge < -0.3 is 50.9 Å². The van der Waals surface area contributed by atoms with Crippen LogP contribution in [0.2, 0.25) is 0 Å². The molecule has 3 heterocycles. The Kier molecular flexibility index (Phi) is 21.1. The molecule has 0 radical (unpaired) electrons. The smallest absolute Gasteiger partial charge is 0.407 e. The van der Waals surface area contributed by atoms with E-state index in [0.29, 0.717) is 68.2 Å². The number of hydrazine groups is 1. The number of aliphatic hydroxyl groups excluding tert-OH is 1. The Morgan fingerprint density at radius 1 is 0.823 bits per heavy atom. The average molecular weight is 1130 g/mol. The number of nitrogens with zero attached hydrogens (tertiary/aromatic N) is 4. The third-order valence-corrected chi connectivity index (χ3v) is 13.3. The molecule has 1 aromatic heterocycles.